The third-order valence-corrected chi connectivity index (χ3v) is 1.73. The number of rotatable bonds is 3. The monoisotopic (exact) mass is 235 g/mol. The number of hydrogen-bond donors (Lipinski definition) is 1. The summed E-state index contributed by atoms with van der Waals surface area (Å²) in [6, 6.07) is -0.669. The van der Waals surface area contributed by atoms with Crippen LogP contribution < -0.4 is 5.32 Å². The average molecular weight is 235 g/mol. The van der Waals surface area contributed by atoms with E-state index < -0.39 is 23.7 Å². The lowest BCUT2D eigenvalue weighted by molar-refractivity contribution is -0.135. The molecule has 0 radical (unpaired) electrons. The molecule has 6 heteroatoms. The number of carbonyl (C=O) groups is 2. The Balaban J connectivity index is 4.20. The van der Waals surface area contributed by atoms with Crippen molar-refractivity contribution in [3.05, 3.63) is 0 Å². The molecule has 1 amide bonds. The van der Waals surface area contributed by atoms with Crippen molar-refractivity contribution in [1.29, 1.82) is 0 Å². The third-order valence-electron chi connectivity index (χ3n) is 1.50. The van der Waals surface area contributed by atoms with Gasteiger partial charge in [0.15, 0.2) is 0 Å². The number of hydrogen-bond acceptors (Lipinski definition) is 4. The number of nitrogens with one attached hydrogen (secondary N) is 1. The predicted molar refractivity (Wildman–Crippen MR) is 59.3 cm³/mol. The van der Waals surface area contributed by atoms with Crippen LogP contribution in [-0.4, -0.2) is 23.7 Å². The number of carbonyl (C=O) groups excluding carboxylic acids is 2. The van der Waals surface area contributed by atoms with Gasteiger partial charge in [-0.3, -0.25) is 0 Å². The standard InChI is InChI=1S/C9H18NO4P/c1-5-6(7(11)14-15)10-8(12)13-9(2,3)4/h6H,5,15H2,1-4H3,(H,10,12). The number of alkyl carbamates (subject to hydrolysis) is 1. The Morgan fingerprint density at radius 2 is 1.93 bits per heavy atom. The molecule has 0 aliphatic rings. The van der Waals surface area contributed by atoms with E-state index in [0.29, 0.717) is 6.42 Å². The lowest BCUT2D eigenvalue weighted by Crippen LogP contribution is -2.43. The van der Waals surface area contributed by atoms with Crippen molar-refractivity contribution in [2.75, 3.05) is 0 Å². The molecule has 0 spiro atoms. The van der Waals surface area contributed by atoms with Crippen LogP contribution in [0.3, 0.4) is 0 Å². The molecular formula is C9H18NO4P. The Morgan fingerprint density at radius 1 is 1.40 bits per heavy atom. The van der Waals surface area contributed by atoms with Crippen LogP contribution in [0.25, 0.3) is 0 Å². The maximum Gasteiger partial charge on any atom is 0.408 e. The van der Waals surface area contributed by atoms with E-state index in [2.05, 4.69) is 9.84 Å². The first-order valence-electron chi connectivity index (χ1n) is 4.70. The fourth-order valence-corrected chi connectivity index (χ4v) is 1.02. The minimum absolute atomic E-state index is 0.451. The van der Waals surface area contributed by atoms with Gasteiger partial charge >= 0.3 is 12.1 Å². The highest BCUT2D eigenvalue weighted by atomic mass is 31.0. The summed E-state index contributed by atoms with van der Waals surface area (Å²) in [7, 11) is 1.85. The van der Waals surface area contributed by atoms with Gasteiger partial charge in [-0.1, -0.05) is 6.92 Å². The highest BCUT2D eigenvalue weighted by Crippen LogP contribution is 2.07. The van der Waals surface area contributed by atoms with Gasteiger partial charge in [0.2, 0.25) is 0 Å². The molecule has 5 nitrogen and oxygen atoms in total. The summed E-state index contributed by atoms with van der Waals surface area (Å²) in [5.74, 6) is -0.506. The van der Waals surface area contributed by atoms with Crippen LogP contribution in [0.2, 0.25) is 0 Å². The van der Waals surface area contributed by atoms with Crippen LogP contribution >= 0.6 is 9.47 Å². The van der Waals surface area contributed by atoms with E-state index in [4.69, 9.17) is 4.74 Å². The van der Waals surface area contributed by atoms with Crippen molar-refractivity contribution in [2.45, 2.75) is 45.8 Å². The maximum atomic E-state index is 11.3. The Labute approximate surface area is 92.2 Å². The molecule has 0 bridgehead atoms. The molecule has 0 saturated heterocycles. The maximum absolute atomic E-state index is 11.3. The molecule has 88 valence electrons. The molecule has 0 aliphatic carbocycles. The Morgan fingerprint density at radius 3 is 2.27 bits per heavy atom. The first-order chi connectivity index (χ1) is 6.80. The van der Waals surface area contributed by atoms with E-state index in [1.54, 1.807) is 27.7 Å². The van der Waals surface area contributed by atoms with Crippen LogP contribution in [0, 0.1) is 0 Å². The summed E-state index contributed by atoms with van der Waals surface area (Å²) in [6.45, 7) is 7.02. The Kier molecular flexibility index (Phi) is 5.58. The summed E-state index contributed by atoms with van der Waals surface area (Å²) in [6.07, 6.45) is -0.170. The molecule has 2 atom stereocenters. The van der Waals surface area contributed by atoms with Crippen LogP contribution in [0.4, 0.5) is 4.79 Å². The van der Waals surface area contributed by atoms with Crippen LogP contribution in [0.5, 0.6) is 0 Å². The van der Waals surface area contributed by atoms with E-state index in [1.165, 1.54) is 0 Å². The average Bonchev–Trinajstić information content (AvgIpc) is 2.10. The molecule has 15 heavy (non-hydrogen) atoms. The molecule has 0 aromatic rings. The summed E-state index contributed by atoms with van der Waals surface area (Å²) >= 11 is 0. The van der Waals surface area contributed by atoms with Gasteiger partial charge < -0.3 is 14.6 Å². The van der Waals surface area contributed by atoms with Crippen molar-refractivity contribution in [3.63, 3.8) is 0 Å². The van der Waals surface area contributed by atoms with E-state index in [1.807, 2.05) is 9.47 Å². The topological polar surface area (TPSA) is 64.6 Å². The van der Waals surface area contributed by atoms with Gasteiger partial charge in [-0.05, 0) is 27.2 Å². The van der Waals surface area contributed by atoms with Gasteiger partial charge in [0.25, 0.3) is 0 Å². The summed E-state index contributed by atoms with van der Waals surface area (Å²) < 4.78 is 9.44. The highest BCUT2D eigenvalue weighted by Gasteiger charge is 2.23. The second-order valence-electron chi connectivity index (χ2n) is 4.04. The zero-order chi connectivity index (χ0) is 12.1. The van der Waals surface area contributed by atoms with Crippen molar-refractivity contribution in [1.82, 2.24) is 5.32 Å². The SMILES string of the molecule is CCC(NC(=O)OC(C)(C)C)C(=O)OP. The van der Waals surface area contributed by atoms with Gasteiger partial charge in [-0.2, -0.15) is 0 Å². The first kappa shape index (κ1) is 14.2. The predicted octanol–water partition coefficient (Wildman–Crippen LogP) is 1.62. The first-order valence-corrected chi connectivity index (χ1v) is 5.17. The van der Waals surface area contributed by atoms with Crippen molar-refractivity contribution in [3.8, 4) is 0 Å². The lowest BCUT2D eigenvalue weighted by atomic mass is 10.2. The highest BCUT2D eigenvalue weighted by molar-refractivity contribution is 7.10. The van der Waals surface area contributed by atoms with Gasteiger partial charge in [0, 0.05) is 0 Å². The lowest BCUT2D eigenvalue weighted by Gasteiger charge is -2.21. The van der Waals surface area contributed by atoms with Gasteiger partial charge in [-0.15, -0.1) is 0 Å². The molecule has 0 aromatic carbocycles. The van der Waals surface area contributed by atoms with Gasteiger partial charge in [0.1, 0.15) is 11.6 Å². The van der Waals surface area contributed by atoms with E-state index in [-0.39, 0.29) is 0 Å². The Bertz CT molecular complexity index is 237. The molecule has 0 aliphatic heterocycles. The summed E-state index contributed by atoms with van der Waals surface area (Å²) in [4.78, 5) is 22.4. The number of ether oxygens (including phenoxy) is 1. The molecule has 0 rings (SSSR count). The van der Waals surface area contributed by atoms with Crippen LogP contribution in [0.1, 0.15) is 34.1 Å². The van der Waals surface area contributed by atoms with E-state index in [9.17, 15) is 9.59 Å². The van der Waals surface area contributed by atoms with Crippen LogP contribution in [0.15, 0.2) is 0 Å². The van der Waals surface area contributed by atoms with Crippen molar-refractivity contribution in [2.24, 2.45) is 0 Å². The van der Waals surface area contributed by atoms with Crippen molar-refractivity contribution < 1.29 is 18.8 Å². The van der Waals surface area contributed by atoms with Crippen molar-refractivity contribution >= 4 is 21.5 Å². The zero-order valence-electron chi connectivity index (χ0n) is 9.49. The molecule has 0 heterocycles. The van der Waals surface area contributed by atoms with E-state index in [0.717, 1.165) is 0 Å². The van der Waals surface area contributed by atoms with Gasteiger partial charge in [-0.25, -0.2) is 9.59 Å². The second-order valence-corrected chi connectivity index (χ2v) is 4.28. The second kappa shape index (κ2) is 5.91. The van der Waals surface area contributed by atoms with Crippen LogP contribution in [-0.2, 0) is 14.1 Å². The van der Waals surface area contributed by atoms with Gasteiger partial charge in [0.05, 0.1) is 9.47 Å². The summed E-state index contributed by atoms with van der Waals surface area (Å²) in [5, 5.41) is 2.42. The summed E-state index contributed by atoms with van der Waals surface area (Å²) in [5.41, 5.74) is -0.576. The largest absolute Gasteiger partial charge is 0.450 e. The minimum Gasteiger partial charge on any atom is -0.450 e. The fourth-order valence-electron chi connectivity index (χ4n) is 0.860. The molecular weight excluding hydrogens is 217 g/mol. The minimum atomic E-state index is -0.669. The molecule has 0 saturated carbocycles. The third kappa shape index (κ3) is 6.28. The zero-order valence-corrected chi connectivity index (χ0v) is 10.6. The molecule has 0 fully saturated rings. The Hall–Kier alpha value is -0.830. The fraction of sp³-hybridized carbons (Fsp3) is 0.778. The number of amides is 1. The molecule has 1 N–H and O–H groups in total. The van der Waals surface area contributed by atoms with E-state index >= 15 is 0 Å². The molecule has 2 unspecified atom stereocenters. The quantitative estimate of drug-likeness (QED) is 0.755. The normalized spacial score (nSPS) is 12.9. The smallest absolute Gasteiger partial charge is 0.408 e. The molecule has 0 aromatic heterocycles.